The molecule has 2 aromatic heterocycles. The fraction of sp³-hybridized carbons (Fsp3) is 0.541. The van der Waals surface area contributed by atoms with E-state index in [1.807, 2.05) is 38.2 Å². The minimum absolute atomic E-state index is 0.148. The van der Waals surface area contributed by atoms with Crippen LogP contribution >= 0.6 is 11.3 Å². The molecule has 0 unspecified atom stereocenters. The van der Waals surface area contributed by atoms with Crippen LogP contribution in [0.4, 0.5) is 0 Å². The minimum Gasteiger partial charge on any atom is -0.496 e. The number of aliphatic imine (C=N–C) groups is 1. The van der Waals surface area contributed by atoms with E-state index >= 15 is 0 Å². The number of hydrazine groups is 1. The Hall–Kier alpha value is -3.67. The fourth-order valence-corrected chi connectivity index (χ4v) is 6.91. The van der Waals surface area contributed by atoms with Gasteiger partial charge in [-0.1, -0.05) is 19.9 Å². The van der Waals surface area contributed by atoms with Gasteiger partial charge >= 0.3 is 5.97 Å². The first-order chi connectivity index (χ1) is 23.1. The molecule has 4 rings (SSSR count). The molecule has 2 heterocycles. The fourth-order valence-electron chi connectivity index (χ4n) is 5.97. The Morgan fingerprint density at radius 2 is 1.98 bits per heavy atom. The number of ether oxygens (including phenoxy) is 3. The number of pyridine rings is 1. The number of methoxy groups -OCH3 is 1. The summed E-state index contributed by atoms with van der Waals surface area (Å²) in [5.41, 5.74) is 7.09. The summed E-state index contributed by atoms with van der Waals surface area (Å²) in [5.74, 6) is 0.995. The van der Waals surface area contributed by atoms with Gasteiger partial charge in [0.25, 0.3) is 0 Å². The number of esters is 1. The van der Waals surface area contributed by atoms with Crippen LogP contribution in [0.1, 0.15) is 89.3 Å². The van der Waals surface area contributed by atoms with Crippen molar-refractivity contribution in [2.24, 2.45) is 10.9 Å². The Bertz CT molecular complexity index is 1570. The highest BCUT2D eigenvalue weighted by Gasteiger charge is 2.40. The third-order valence-electron chi connectivity index (χ3n) is 8.61. The van der Waals surface area contributed by atoms with Crippen LogP contribution in [0, 0.1) is 12.8 Å². The maximum absolute atomic E-state index is 13.5. The van der Waals surface area contributed by atoms with Gasteiger partial charge in [-0.15, -0.1) is 17.9 Å². The number of aromatic nitrogens is 2. The van der Waals surface area contributed by atoms with E-state index in [0.29, 0.717) is 50.4 Å². The maximum Gasteiger partial charge on any atom is 0.305 e. The molecule has 1 fully saturated rings. The molecule has 1 aromatic carbocycles. The molecule has 10 nitrogen and oxygen atoms in total. The maximum atomic E-state index is 13.5. The van der Waals surface area contributed by atoms with Crippen LogP contribution in [0.3, 0.4) is 0 Å². The van der Waals surface area contributed by atoms with Crippen molar-refractivity contribution in [1.82, 2.24) is 20.4 Å². The predicted molar refractivity (Wildman–Crippen MR) is 193 cm³/mol. The number of benzene rings is 1. The monoisotopic (exact) mass is 677 g/mol. The third-order valence-corrected chi connectivity index (χ3v) is 9.49. The van der Waals surface area contributed by atoms with Crippen molar-refractivity contribution >= 4 is 40.3 Å². The quantitative estimate of drug-likeness (QED) is 0.0482. The van der Waals surface area contributed by atoms with Crippen LogP contribution in [0.2, 0.25) is 0 Å². The standard InChI is InChI=1S/C37H51N5O5S/c1-8-10-11-14-19-42(6)41-29-21-26(20-28(29)36(44)38-18-13-12-15-34(43)46-9-2)47-33-22-30(37-40-31(23-48-37)24(3)4)39-35-25(5)32(45-7)17-16-27(33)35/h8,16-18,22-24,26,28-29,41H,1,9-15,19-21H2,2-7H3/t26-,28-,29-/m1/s1. The van der Waals surface area contributed by atoms with Crippen molar-refractivity contribution < 1.29 is 23.8 Å². The van der Waals surface area contributed by atoms with E-state index in [1.165, 1.54) is 0 Å². The molecule has 1 aliphatic rings. The number of amides is 1. The molecule has 3 aromatic rings. The number of carbonyl (C=O) groups is 2. The van der Waals surface area contributed by atoms with E-state index in [-0.39, 0.29) is 29.9 Å². The molecule has 0 spiro atoms. The van der Waals surface area contributed by atoms with Crippen LogP contribution in [0.5, 0.6) is 11.5 Å². The number of hydrogen-bond acceptors (Lipinski definition) is 10. The molecular formula is C37H51N5O5S. The average Bonchev–Trinajstić information content (AvgIpc) is 3.71. The van der Waals surface area contributed by atoms with Crippen molar-refractivity contribution in [2.45, 2.75) is 97.1 Å². The third kappa shape index (κ3) is 9.93. The Morgan fingerprint density at radius 1 is 1.17 bits per heavy atom. The molecule has 260 valence electrons. The van der Waals surface area contributed by atoms with Gasteiger partial charge in [0.2, 0.25) is 5.91 Å². The van der Waals surface area contributed by atoms with Crippen LogP contribution in [0.15, 0.2) is 41.2 Å². The van der Waals surface area contributed by atoms with Crippen LogP contribution in [-0.4, -0.2) is 72.5 Å². The smallest absolute Gasteiger partial charge is 0.305 e. The molecule has 11 heteroatoms. The van der Waals surface area contributed by atoms with E-state index in [4.69, 9.17) is 24.2 Å². The van der Waals surface area contributed by atoms with Crippen molar-refractivity contribution in [1.29, 1.82) is 0 Å². The van der Waals surface area contributed by atoms with Crippen LogP contribution in [-0.2, 0) is 14.3 Å². The van der Waals surface area contributed by atoms with Crippen molar-refractivity contribution in [3.8, 4) is 22.2 Å². The van der Waals surface area contributed by atoms with Gasteiger partial charge in [0, 0.05) is 61.1 Å². The molecule has 48 heavy (non-hydrogen) atoms. The van der Waals surface area contributed by atoms with Gasteiger partial charge in [-0.2, -0.15) is 0 Å². The first-order valence-corrected chi connectivity index (χ1v) is 17.9. The molecule has 0 saturated heterocycles. The Morgan fingerprint density at radius 3 is 2.69 bits per heavy atom. The summed E-state index contributed by atoms with van der Waals surface area (Å²) in [5, 5.41) is 5.88. The number of hydrogen-bond donors (Lipinski definition) is 1. The second-order valence-electron chi connectivity index (χ2n) is 12.6. The van der Waals surface area contributed by atoms with Crippen LogP contribution in [0.25, 0.3) is 21.6 Å². The zero-order valence-electron chi connectivity index (χ0n) is 29.3. The van der Waals surface area contributed by atoms with Gasteiger partial charge in [-0.3, -0.25) is 15.0 Å². The number of nitrogens with zero attached hydrogens (tertiary/aromatic N) is 4. The number of rotatable bonds is 18. The molecule has 0 aliphatic heterocycles. The van der Waals surface area contributed by atoms with E-state index in [0.717, 1.165) is 64.4 Å². The van der Waals surface area contributed by atoms with Gasteiger partial charge in [0.15, 0.2) is 0 Å². The molecular weight excluding hydrogens is 627 g/mol. The molecule has 0 bridgehead atoms. The van der Waals surface area contributed by atoms with Gasteiger partial charge in [0.05, 0.1) is 30.8 Å². The lowest BCUT2D eigenvalue weighted by molar-refractivity contribution is -0.143. The van der Waals surface area contributed by atoms with Crippen LogP contribution < -0.4 is 14.9 Å². The number of unbranched alkanes of at least 4 members (excludes halogenated alkanes) is 3. The highest BCUT2D eigenvalue weighted by molar-refractivity contribution is 7.13. The Balaban J connectivity index is 1.57. The van der Waals surface area contributed by atoms with Gasteiger partial charge in [0.1, 0.15) is 28.3 Å². The predicted octanol–water partition coefficient (Wildman–Crippen LogP) is 7.45. The summed E-state index contributed by atoms with van der Waals surface area (Å²) in [7, 11) is 3.67. The summed E-state index contributed by atoms with van der Waals surface area (Å²) in [4.78, 5) is 39.4. The van der Waals surface area contributed by atoms with E-state index in [9.17, 15) is 9.59 Å². The van der Waals surface area contributed by atoms with E-state index in [2.05, 4.69) is 41.2 Å². The second kappa shape index (κ2) is 18.2. The molecule has 1 N–H and O–H groups in total. The normalized spacial score (nSPS) is 17.9. The average molecular weight is 678 g/mol. The summed E-state index contributed by atoms with van der Waals surface area (Å²) >= 11 is 1.57. The van der Waals surface area contributed by atoms with Gasteiger partial charge in [-0.05, 0) is 70.4 Å². The van der Waals surface area contributed by atoms with E-state index in [1.54, 1.807) is 31.6 Å². The molecule has 1 saturated carbocycles. The van der Waals surface area contributed by atoms with Gasteiger partial charge in [-0.25, -0.2) is 20.0 Å². The summed E-state index contributed by atoms with van der Waals surface area (Å²) in [6.07, 6.45) is 8.97. The SMILES string of the molecule is C=CCCCCN(C)N[C@@H]1C[C@H](Oc2cc(-c3nc(C(C)C)cs3)nc3c(C)c(OC)ccc23)C[C@H]1C(=O)N=CCCCC(=O)OCC. The highest BCUT2D eigenvalue weighted by Crippen LogP contribution is 2.39. The summed E-state index contributed by atoms with van der Waals surface area (Å²) in [6, 6.07) is 5.75. The zero-order chi connectivity index (χ0) is 34.6. The summed E-state index contributed by atoms with van der Waals surface area (Å²) in [6.45, 7) is 13.1. The first kappa shape index (κ1) is 37.2. The lowest BCUT2D eigenvalue weighted by atomic mass is 10.0. The van der Waals surface area contributed by atoms with Crippen molar-refractivity contribution in [3.63, 3.8) is 0 Å². The topological polar surface area (TPSA) is 115 Å². The second-order valence-corrected chi connectivity index (χ2v) is 13.5. The zero-order valence-corrected chi connectivity index (χ0v) is 30.1. The largest absolute Gasteiger partial charge is 0.496 e. The lowest BCUT2D eigenvalue weighted by Crippen LogP contribution is -2.46. The lowest BCUT2D eigenvalue weighted by Gasteiger charge is -2.25. The number of carbonyl (C=O) groups excluding carboxylic acids is 2. The highest BCUT2D eigenvalue weighted by atomic mass is 32.1. The Kier molecular flexibility index (Phi) is 14.1. The number of aryl methyl sites for hydroxylation is 1. The number of fused-ring (bicyclic) bond motifs is 1. The number of thiazole rings is 1. The molecule has 1 amide bonds. The minimum atomic E-state index is -0.367. The molecule has 3 atom stereocenters. The molecule has 1 aliphatic carbocycles. The first-order valence-electron chi connectivity index (χ1n) is 17.1. The Labute approximate surface area is 289 Å². The summed E-state index contributed by atoms with van der Waals surface area (Å²) < 4.78 is 17.4. The van der Waals surface area contributed by atoms with Gasteiger partial charge < -0.3 is 14.2 Å². The van der Waals surface area contributed by atoms with Crippen molar-refractivity contribution in [3.05, 3.63) is 47.5 Å². The molecule has 0 radical (unpaired) electrons. The number of nitrogens with one attached hydrogen (secondary N) is 1. The van der Waals surface area contributed by atoms with Crippen molar-refractivity contribution in [2.75, 3.05) is 27.3 Å². The number of allylic oxidation sites excluding steroid dienone is 1. The van der Waals surface area contributed by atoms with E-state index < -0.39 is 0 Å².